The van der Waals surface area contributed by atoms with E-state index in [0.717, 1.165) is 5.41 Å². The largest absolute Gasteiger partial charge is 0.0845 e. The highest BCUT2D eigenvalue weighted by Crippen LogP contribution is 2.59. The van der Waals surface area contributed by atoms with Crippen molar-refractivity contribution in [3.8, 4) is 0 Å². The molecule has 0 aromatic rings. The number of allylic oxidation sites excluding steroid dienone is 4. The number of hydrogen-bond acceptors (Lipinski definition) is 0. The van der Waals surface area contributed by atoms with Crippen molar-refractivity contribution in [2.24, 2.45) is 10.8 Å². The summed E-state index contributed by atoms with van der Waals surface area (Å²) in [5.74, 6) is 0. The zero-order chi connectivity index (χ0) is 14.3. The van der Waals surface area contributed by atoms with Crippen LogP contribution in [-0.4, -0.2) is 0 Å². The van der Waals surface area contributed by atoms with Gasteiger partial charge in [0.25, 0.3) is 0 Å². The van der Waals surface area contributed by atoms with Gasteiger partial charge in [0.05, 0.1) is 0 Å². The van der Waals surface area contributed by atoms with E-state index < -0.39 is 0 Å². The molecule has 0 heterocycles. The summed E-state index contributed by atoms with van der Waals surface area (Å²) in [6, 6.07) is 0. The van der Waals surface area contributed by atoms with Gasteiger partial charge in [-0.25, -0.2) is 0 Å². The second-order valence-electron chi connectivity index (χ2n) is 7.40. The Hall–Kier alpha value is -0.520. The first kappa shape index (κ1) is 15.9. The summed E-state index contributed by atoms with van der Waals surface area (Å²) in [5, 5.41) is 0. The summed E-state index contributed by atoms with van der Waals surface area (Å²) in [6.45, 7) is 4.63. The summed E-state index contributed by atoms with van der Waals surface area (Å²) >= 11 is 0. The van der Waals surface area contributed by atoms with E-state index in [-0.39, 0.29) is 0 Å². The van der Waals surface area contributed by atoms with E-state index in [4.69, 9.17) is 0 Å². The summed E-state index contributed by atoms with van der Waals surface area (Å²) in [7, 11) is 0. The summed E-state index contributed by atoms with van der Waals surface area (Å²) in [4.78, 5) is 0. The van der Waals surface area contributed by atoms with E-state index in [1.807, 2.05) is 0 Å². The maximum atomic E-state index is 2.55. The lowest BCUT2D eigenvalue weighted by molar-refractivity contribution is 0.0145. The Morgan fingerprint density at radius 1 is 0.800 bits per heavy atom. The third-order valence-corrected chi connectivity index (χ3v) is 5.91. The van der Waals surface area contributed by atoms with E-state index in [1.165, 1.54) is 77.0 Å². The van der Waals surface area contributed by atoms with Crippen LogP contribution in [0.25, 0.3) is 0 Å². The molecular formula is C20H34. The molecule has 0 N–H and O–H groups in total. The second kappa shape index (κ2) is 7.48. The summed E-state index contributed by atoms with van der Waals surface area (Å²) in [5.41, 5.74) is 1.32. The minimum absolute atomic E-state index is 0.573. The monoisotopic (exact) mass is 274 g/mol. The Morgan fingerprint density at radius 2 is 1.50 bits per heavy atom. The zero-order valence-corrected chi connectivity index (χ0v) is 13.8. The van der Waals surface area contributed by atoms with Crippen LogP contribution < -0.4 is 0 Å². The molecule has 3 fully saturated rings. The highest BCUT2D eigenvalue weighted by Gasteiger charge is 2.46. The maximum Gasteiger partial charge on any atom is -0.0114 e. The van der Waals surface area contributed by atoms with Crippen molar-refractivity contribution in [1.29, 1.82) is 0 Å². The topological polar surface area (TPSA) is 0 Å². The molecule has 20 heavy (non-hydrogen) atoms. The molecule has 0 aromatic heterocycles. The van der Waals surface area contributed by atoms with Crippen molar-refractivity contribution >= 4 is 0 Å². The van der Waals surface area contributed by atoms with Gasteiger partial charge in [-0.3, -0.25) is 0 Å². The van der Waals surface area contributed by atoms with Gasteiger partial charge in [-0.1, -0.05) is 57.4 Å². The van der Waals surface area contributed by atoms with Crippen LogP contribution in [0.2, 0.25) is 0 Å². The maximum absolute atomic E-state index is 2.55. The smallest absolute Gasteiger partial charge is 0.0114 e. The van der Waals surface area contributed by atoms with Gasteiger partial charge in [0, 0.05) is 0 Å². The Balaban J connectivity index is 1.77. The predicted octanol–water partition coefficient (Wildman–Crippen LogP) is 6.82. The first-order valence-electron chi connectivity index (χ1n) is 9.09. The molecule has 2 bridgehead atoms. The molecular weight excluding hydrogens is 240 g/mol. The van der Waals surface area contributed by atoms with Crippen molar-refractivity contribution < 1.29 is 0 Å². The fourth-order valence-electron chi connectivity index (χ4n) is 4.39. The molecule has 0 aromatic carbocycles. The lowest BCUT2D eigenvalue weighted by Crippen LogP contribution is -2.40. The highest BCUT2D eigenvalue weighted by molar-refractivity contribution is 5.13. The van der Waals surface area contributed by atoms with Crippen molar-refractivity contribution in [2.45, 2.75) is 90.9 Å². The average Bonchev–Trinajstić information content (AvgIpc) is 2.49. The van der Waals surface area contributed by atoms with Gasteiger partial charge in [0.1, 0.15) is 0 Å². The first-order chi connectivity index (χ1) is 9.74. The third-order valence-electron chi connectivity index (χ3n) is 5.91. The molecule has 0 spiro atoms. The van der Waals surface area contributed by atoms with Crippen LogP contribution in [0.4, 0.5) is 0 Å². The molecule has 0 saturated heterocycles. The molecule has 3 aliphatic rings. The summed E-state index contributed by atoms with van der Waals surface area (Å²) < 4.78 is 0. The Bertz CT molecular complexity index is 309. The Kier molecular flexibility index (Phi) is 5.93. The zero-order valence-electron chi connectivity index (χ0n) is 13.8. The fourth-order valence-corrected chi connectivity index (χ4v) is 4.39. The van der Waals surface area contributed by atoms with Crippen molar-refractivity contribution in [3.05, 3.63) is 24.3 Å². The van der Waals surface area contributed by atoms with Crippen LogP contribution >= 0.6 is 0 Å². The van der Waals surface area contributed by atoms with E-state index in [1.54, 1.807) is 0 Å². The second-order valence-corrected chi connectivity index (χ2v) is 7.40. The molecule has 3 saturated carbocycles. The van der Waals surface area contributed by atoms with Crippen molar-refractivity contribution in [1.82, 2.24) is 0 Å². The minimum Gasteiger partial charge on any atom is -0.0845 e. The standard InChI is InChI=1S/C20H34/c1-3-5-6-7-8-9-10-12-20-16-13-19(11-4-2,14-17-20)15-18-20/h8-10,12H,3-7,11,13-18H2,1-2H3. The molecule has 0 heteroatoms. The van der Waals surface area contributed by atoms with Gasteiger partial charge >= 0.3 is 0 Å². The molecule has 0 amide bonds. The van der Waals surface area contributed by atoms with Crippen LogP contribution in [0.1, 0.15) is 90.9 Å². The van der Waals surface area contributed by atoms with Crippen LogP contribution in [0, 0.1) is 10.8 Å². The number of unbranched alkanes of at least 4 members (excludes halogenated alkanes) is 3. The van der Waals surface area contributed by atoms with Crippen LogP contribution in [0.15, 0.2) is 24.3 Å². The Labute approximate surface area is 126 Å². The van der Waals surface area contributed by atoms with Gasteiger partial charge in [-0.05, 0) is 68.6 Å². The molecule has 0 nitrogen and oxygen atoms in total. The van der Waals surface area contributed by atoms with Gasteiger partial charge in [-0.15, -0.1) is 0 Å². The van der Waals surface area contributed by atoms with E-state index in [2.05, 4.69) is 38.2 Å². The van der Waals surface area contributed by atoms with Crippen LogP contribution in [0.3, 0.4) is 0 Å². The lowest BCUT2D eigenvalue weighted by Gasteiger charge is -2.52. The fraction of sp³-hybridized carbons (Fsp3) is 0.800. The third kappa shape index (κ3) is 3.99. The molecule has 3 aliphatic carbocycles. The van der Waals surface area contributed by atoms with E-state index in [0.29, 0.717) is 5.41 Å². The number of fused-ring (bicyclic) bond motifs is 3. The quantitative estimate of drug-likeness (QED) is 0.336. The van der Waals surface area contributed by atoms with Crippen molar-refractivity contribution in [3.63, 3.8) is 0 Å². The summed E-state index contributed by atoms with van der Waals surface area (Å²) in [6.07, 6.45) is 26.6. The molecule has 0 atom stereocenters. The lowest BCUT2D eigenvalue weighted by atomic mass is 9.52. The molecule has 3 rings (SSSR count). The Morgan fingerprint density at radius 3 is 2.10 bits per heavy atom. The van der Waals surface area contributed by atoms with Crippen LogP contribution in [-0.2, 0) is 0 Å². The average molecular weight is 274 g/mol. The van der Waals surface area contributed by atoms with Gasteiger partial charge in [0.15, 0.2) is 0 Å². The van der Waals surface area contributed by atoms with Crippen LogP contribution in [0.5, 0.6) is 0 Å². The van der Waals surface area contributed by atoms with Crippen molar-refractivity contribution in [2.75, 3.05) is 0 Å². The molecule has 114 valence electrons. The predicted molar refractivity (Wildman–Crippen MR) is 89.9 cm³/mol. The minimum atomic E-state index is 0.573. The molecule has 0 radical (unpaired) electrons. The van der Waals surface area contributed by atoms with E-state index in [9.17, 15) is 0 Å². The van der Waals surface area contributed by atoms with Gasteiger partial charge < -0.3 is 0 Å². The van der Waals surface area contributed by atoms with E-state index >= 15 is 0 Å². The number of rotatable bonds is 8. The van der Waals surface area contributed by atoms with Gasteiger partial charge in [-0.2, -0.15) is 0 Å². The highest BCUT2D eigenvalue weighted by atomic mass is 14.5. The SMILES string of the molecule is CCCCCC=CC=CC12CCC(CCC)(CC1)CC2. The first-order valence-corrected chi connectivity index (χ1v) is 9.09. The number of hydrogen-bond donors (Lipinski definition) is 0. The molecule has 0 aliphatic heterocycles. The van der Waals surface area contributed by atoms with Gasteiger partial charge in [0.2, 0.25) is 0 Å². The normalized spacial score (nSPS) is 33.5. The molecule has 0 unspecified atom stereocenters.